The number of aromatic nitrogens is 3. The van der Waals surface area contributed by atoms with Crippen LogP contribution in [0.1, 0.15) is 28.9 Å². The standard InChI is InChI=1S/C24H25N5O2/c30-22-14-20(18-15-25-17-26-16-18)23(21-8-4-5-9-29(21)22)24(31)28-12-10-27(11-13-28)19-6-2-1-3-7-19/h1-3,6-7,14-17H,4-5,8-13H2. The normalized spacial score (nSPS) is 16.1. The molecule has 0 unspecified atom stereocenters. The van der Waals surface area contributed by atoms with Crippen LogP contribution in [0.4, 0.5) is 5.69 Å². The molecular weight excluding hydrogens is 390 g/mol. The number of anilines is 1. The lowest BCUT2D eigenvalue weighted by atomic mass is 9.94. The summed E-state index contributed by atoms with van der Waals surface area (Å²) in [6.07, 6.45) is 7.48. The first-order chi connectivity index (χ1) is 15.2. The van der Waals surface area contributed by atoms with E-state index in [-0.39, 0.29) is 11.5 Å². The average Bonchev–Trinajstić information content (AvgIpc) is 2.85. The van der Waals surface area contributed by atoms with Gasteiger partial charge in [-0.3, -0.25) is 9.59 Å². The van der Waals surface area contributed by atoms with Crippen molar-refractivity contribution in [3.63, 3.8) is 0 Å². The summed E-state index contributed by atoms with van der Waals surface area (Å²) in [7, 11) is 0. The number of rotatable bonds is 3. The first-order valence-corrected chi connectivity index (χ1v) is 10.8. The third kappa shape index (κ3) is 3.71. The summed E-state index contributed by atoms with van der Waals surface area (Å²) in [4.78, 5) is 39.0. The first-order valence-electron chi connectivity index (χ1n) is 10.8. The van der Waals surface area contributed by atoms with E-state index in [1.807, 2.05) is 23.1 Å². The van der Waals surface area contributed by atoms with Crippen LogP contribution in [-0.2, 0) is 13.0 Å². The van der Waals surface area contributed by atoms with Crippen molar-refractivity contribution in [2.24, 2.45) is 0 Å². The summed E-state index contributed by atoms with van der Waals surface area (Å²) in [6, 6.07) is 11.9. The van der Waals surface area contributed by atoms with Gasteiger partial charge in [0.1, 0.15) is 6.33 Å². The van der Waals surface area contributed by atoms with Crippen molar-refractivity contribution in [3.8, 4) is 11.1 Å². The third-order valence-corrected chi connectivity index (χ3v) is 6.24. The second-order valence-corrected chi connectivity index (χ2v) is 8.07. The Morgan fingerprint density at radius 1 is 0.903 bits per heavy atom. The van der Waals surface area contributed by atoms with Crippen molar-refractivity contribution in [1.29, 1.82) is 0 Å². The van der Waals surface area contributed by atoms with Crippen LogP contribution in [0.25, 0.3) is 11.1 Å². The van der Waals surface area contributed by atoms with Gasteiger partial charge in [0.25, 0.3) is 11.5 Å². The highest BCUT2D eigenvalue weighted by Gasteiger charge is 2.29. The maximum Gasteiger partial charge on any atom is 0.256 e. The second kappa shape index (κ2) is 8.34. The summed E-state index contributed by atoms with van der Waals surface area (Å²) < 4.78 is 1.78. The van der Waals surface area contributed by atoms with E-state index in [2.05, 4.69) is 27.0 Å². The van der Waals surface area contributed by atoms with Gasteiger partial charge >= 0.3 is 0 Å². The SMILES string of the molecule is O=C(c1c(-c2cncnc2)cc(=O)n2c1CCCC2)N1CCN(c2ccccc2)CC1. The highest BCUT2D eigenvalue weighted by Crippen LogP contribution is 2.29. The lowest BCUT2D eigenvalue weighted by Crippen LogP contribution is -2.49. The van der Waals surface area contributed by atoms with E-state index in [0.717, 1.165) is 38.0 Å². The number of amides is 1. The highest BCUT2D eigenvalue weighted by molar-refractivity contribution is 6.02. The van der Waals surface area contributed by atoms with E-state index in [0.29, 0.717) is 36.3 Å². The maximum atomic E-state index is 13.8. The molecule has 5 rings (SSSR count). The molecule has 4 heterocycles. The number of carbonyl (C=O) groups excluding carboxylic acids is 1. The van der Waals surface area contributed by atoms with Gasteiger partial charge in [-0.05, 0) is 31.4 Å². The minimum atomic E-state index is -0.0565. The molecule has 7 heteroatoms. The van der Waals surface area contributed by atoms with Crippen molar-refractivity contribution in [3.05, 3.63) is 76.7 Å². The fraction of sp³-hybridized carbons (Fsp3) is 0.333. The van der Waals surface area contributed by atoms with E-state index in [9.17, 15) is 9.59 Å². The minimum absolute atomic E-state index is 0.00258. The summed E-state index contributed by atoms with van der Waals surface area (Å²) in [6.45, 7) is 3.54. The van der Waals surface area contributed by atoms with Gasteiger partial charge in [-0.1, -0.05) is 18.2 Å². The molecule has 0 saturated carbocycles. The molecule has 0 aliphatic carbocycles. The van der Waals surface area contributed by atoms with Crippen molar-refractivity contribution in [1.82, 2.24) is 19.4 Å². The van der Waals surface area contributed by atoms with Gasteiger partial charge in [0.2, 0.25) is 0 Å². The largest absolute Gasteiger partial charge is 0.368 e. The molecule has 0 radical (unpaired) electrons. The monoisotopic (exact) mass is 415 g/mol. The summed E-state index contributed by atoms with van der Waals surface area (Å²) >= 11 is 0. The zero-order valence-electron chi connectivity index (χ0n) is 17.4. The predicted molar refractivity (Wildman–Crippen MR) is 119 cm³/mol. The molecule has 7 nitrogen and oxygen atoms in total. The fourth-order valence-electron chi connectivity index (χ4n) is 4.63. The van der Waals surface area contributed by atoms with Gasteiger partial charge in [-0.15, -0.1) is 0 Å². The van der Waals surface area contributed by atoms with Gasteiger partial charge < -0.3 is 14.4 Å². The third-order valence-electron chi connectivity index (χ3n) is 6.24. The quantitative estimate of drug-likeness (QED) is 0.658. The van der Waals surface area contributed by atoms with Gasteiger partial charge in [-0.2, -0.15) is 0 Å². The molecular formula is C24H25N5O2. The molecule has 1 fully saturated rings. The molecule has 0 N–H and O–H groups in total. The molecule has 31 heavy (non-hydrogen) atoms. The predicted octanol–water partition coefficient (Wildman–Crippen LogP) is 2.60. The number of para-hydroxylation sites is 1. The molecule has 1 amide bonds. The van der Waals surface area contributed by atoms with Crippen LogP contribution in [0.3, 0.4) is 0 Å². The Kier molecular flexibility index (Phi) is 5.24. The van der Waals surface area contributed by atoms with Gasteiger partial charge in [0.15, 0.2) is 0 Å². The molecule has 1 saturated heterocycles. The van der Waals surface area contributed by atoms with Crippen LogP contribution in [0, 0.1) is 0 Å². The summed E-state index contributed by atoms with van der Waals surface area (Å²) in [5, 5.41) is 0. The molecule has 2 aliphatic rings. The zero-order valence-corrected chi connectivity index (χ0v) is 17.4. The Labute approximate surface area is 181 Å². The number of hydrogen-bond donors (Lipinski definition) is 0. The molecule has 2 aromatic heterocycles. The van der Waals surface area contributed by atoms with E-state index in [1.54, 1.807) is 23.0 Å². The lowest BCUT2D eigenvalue weighted by Gasteiger charge is -2.37. The number of carbonyl (C=O) groups is 1. The van der Waals surface area contributed by atoms with E-state index >= 15 is 0 Å². The van der Waals surface area contributed by atoms with Crippen LogP contribution in [0.2, 0.25) is 0 Å². The molecule has 0 bridgehead atoms. The topological polar surface area (TPSA) is 71.3 Å². The Balaban J connectivity index is 1.49. The highest BCUT2D eigenvalue weighted by atomic mass is 16.2. The Bertz CT molecular complexity index is 1140. The lowest BCUT2D eigenvalue weighted by molar-refractivity contribution is 0.0744. The molecule has 0 spiro atoms. The van der Waals surface area contributed by atoms with Crippen LogP contribution in [-0.4, -0.2) is 51.5 Å². The van der Waals surface area contributed by atoms with Gasteiger partial charge in [-0.25, -0.2) is 9.97 Å². The van der Waals surface area contributed by atoms with E-state index in [4.69, 9.17) is 0 Å². The summed E-state index contributed by atoms with van der Waals surface area (Å²) in [5.74, 6) is -0.00258. The number of benzene rings is 1. The van der Waals surface area contributed by atoms with Crippen LogP contribution >= 0.6 is 0 Å². The van der Waals surface area contributed by atoms with E-state index < -0.39 is 0 Å². The van der Waals surface area contributed by atoms with Crippen LogP contribution < -0.4 is 10.5 Å². The van der Waals surface area contributed by atoms with Crippen LogP contribution in [0.15, 0.2) is 59.9 Å². The number of nitrogens with zero attached hydrogens (tertiary/aromatic N) is 5. The molecule has 3 aromatic rings. The number of piperazine rings is 1. The molecule has 1 aromatic carbocycles. The number of hydrogen-bond acceptors (Lipinski definition) is 5. The van der Waals surface area contributed by atoms with E-state index in [1.165, 1.54) is 12.0 Å². The first kappa shape index (κ1) is 19.5. The van der Waals surface area contributed by atoms with Crippen molar-refractivity contribution >= 4 is 11.6 Å². The molecule has 158 valence electrons. The second-order valence-electron chi connectivity index (χ2n) is 8.07. The van der Waals surface area contributed by atoms with Crippen molar-refractivity contribution in [2.75, 3.05) is 31.1 Å². The average molecular weight is 415 g/mol. The van der Waals surface area contributed by atoms with Gasteiger partial charge in [0.05, 0.1) is 5.56 Å². The number of fused-ring (bicyclic) bond motifs is 1. The Morgan fingerprint density at radius 2 is 1.65 bits per heavy atom. The van der Waals surface area contributed by atoms with Crippen LogP contribution in [0.5, 0.6) is 0 Å². The van der Waals surface area contributed by atoms with Crippen molar-refractivity contribution in [2.45, 2.75) is 25.8 Å². The maximum absolute atomic E-state index is 13.8. The minimum Gasteiger partial charge on any atom is -0.368 e. The van der Waals surface area contributed by atoms with Gasteiger partial charge in [0, 0.05) is 73.7 Å². The zero-order chi connectivity index (χ0) is 21.2. The molecule has 0 atom stereocenters. The number of pyridine rings is 1. The summed E-state index contributed by atoms with van der Waals surface area (Å²) in [5.41, 5.74) is 3.98. The Hall–Kier alpha value is -3.48. The smallest absolute Gasteiger partial charge is 0.256 e. The Morgan fingerprint density at radius 3 is 2.39 bits per heavy atom. The molecule has 2 aliphatic heterocycles. The fourth-order valence-corrected chi connectivity index (χ4v) is 4.63. The van der Waals surface area contributed by atoms with Crippen molar-refractivity contribution < 1.29 is 4.79 Å².